The van der Waals surface area contributed by atoms with Crippen molar-refractivity contribution >= 4 is 29.3 Å². The highest BCUT2D eigenvalue weighted by Gasteiger charge is 2.58. The van der Waals surface area contributed by atoms with Gasteiger partial charge in [-0.15, -0.1) is 11.8 Å². The maximum Gasteiger partial charge on any atom is 0.268 e. The van der Waals surface area contributed by atoms with Crippen molar-refractivity contribution in [3.63, 3.8) is 0 Å². The van der Waals surface area contributed by atoms with Crippen LogP contribution in [-0.4, -0.2) is 29.0 Å². The van der Waals surface area contributed by atoms with Crippen molar-refractivity contribution in [3.8, 4) is 0 Å². The standard InChI is InChI=1S/C21H22N2O2S/c1-3-19(24)23-12-13-26-21(23)17-10-6-7-11-18(17)22(20(21)25)14-16-9-5-4-8-15(16)2/h4-11H,3,12-14H2,1-2H3/t21-/m1/s1. The molecule has 1 fully saturated rings. The lowest BCUT2D eigenvalue weighted by Crippen LogP contribution is -2.50. The number of fused-ring (bicyclic) bond motifs is 2. The molecule has 5 heteroatoms. The highest BCUT2D eigenvalue weighted by molar-refractivity contribution is 8.01. The number of carbonyl (C=O) groups is 2. The Kier molecular flexibility index (Phi) is 4.27. The van der Waals surface area contributed by atoms with Gasteiger partial charge in [0.05, 0.1) is 12.2 Å². The Morgan fingerprint density at radius 2 is 1.88 bits per heavy atom. The Morgan fingerprint density at radius 3 is 2.65 bits per heavy atom. The minimum atomic E-state index is -0.896. The fourth-order valence-electron chi connectivity index (χ4n) is 3.93. The van der Waals surface area contributed by atoms with Gasteiger partial charge in [0.2, 0.25) is 5.91 Å². The number of benzene rings is 2. The van der Waals surface area contributed by atoms with Gasteiger partial charge >= 0.3 is 0 Å². The summed E-state index contributed by atoms with van der Waals surface area (Å²) in [6, 6.07) is 16.0. The number of hydrogen-bond acceptors (Lipinski definition) is 3. The van der Waals surface area contributed by atoms with Gasteiger partial charge in [-0.25, -0.2) is 0 Å². The zero-order valence-corrected chi connectivity index (χ0v) is 15.9. The number of aryl methyl sites for hydroxylation is 1. The van der Waals surface area contributed by atoms with Crippen LogP contribution in [0.25, 0.3) is 0 Å². The van der Waals surface area contributed by atoms with Gasteiger partial charge in [-0.1, -0.05) is 49.4 Å². The van der Waals surface area contributed by atoms with Crippen molar-refractivity contribution < 1.29 is 9.59 Å². The maximum absolute atomic E-state index is 13.6. The topological polar surface area (TPSA) is 40.6 Å². The first kappa shape index (κ1) is 17.2. The fraction of sp³-hybridized carbons (Fsp3) is 0.333. The van der Waals surface area contributed by atoms with Crippen LogP contribution < -0.4 is 4.90 Å². The van der Waals surface area contributed by atoms with E-state index in [9.17, 15) is 9.59 Å². The van der Waals surface area contributed by atoms with Crippen molar-refractivity contribution in [3.05, 3.63) is 65.2 Å². The van der Waals surface area contributed by atoms with Crippen LogP contribution in [0.5, 0.6) is 0 Å². The summed E-state index contributed by atoms with van der Waals surface area (Å²) in [5, 5.41) is 0. The van der Waals surface area contributed by atoms with E-state index in [1.165, 1.54) is 5.56 Å². The predicted octanol–water partition coefficient (Wildman–Crippen LogP) is 3.68. The van der Waals surface area contributed by atoms with Crippen LogP contribution in [0.2, 0.25) is 0 Å². The van der Waals surface area contributed by atoms with Gasteiger partial charge in [0.15, 0.2) is 4.87 Å². The van der Waals surface area contributed by atoms with Gasteiger partial charge in [-0.05, 0) is 24.1 Å². The Morgan fingerprint density at radius 1 is 1.15 bits per heavy atom. The van der Waals surface area contributed by atoms with E-state index in [4.69, 9.17) is 0 Å². The van der Waals surface area contributed by atoms with Crippen molar-refractivity contribution in [1.29, 1.82) is 0 Å². The van der Waals surface area contributed by atoms with E-state index in [1.807, 2.05) is 48.2 Å². The van der Waals surface area contributed by atoms with Gasteiger partial charge in [0.25, 0.3) is 5.91 Å². The quantitative estimate of drug-likeness (QED) is 0.832. The zero-order chi connectivity index (χ0) is 18.3. The van der Waals surface area contributed by atoms with Gasteiger partial charge in [-0.2, -0.15) is 0 Å². The summed E-state index contributed by atoms with van der Waals surface area (Å²) >= 11 is 1.59. The van der Waals surface area contributed by atoms with E-state index in [0.29, 0.717) is 19.5 Å². The second-order valence-electron chi connectivity index (χ2n) is 6.73. The third kappa shape index (κ3) is 2.37. The number of para-hydroxylation sites is 1. The molecule has 2 heterocycles. The van der Waals surface area contributed by atoms with Gasteiger partial charge in [-0.3, -0.25) is 9.59 Å². The highest BCUT2D eigenvalue weighted by atomic mass is 32.2. The third-order valence-corrected chi connectivity index (χ3v) is 6.71. The molecule has 0 aromatic heterocycles. The molecule has 1 saturated heterocycles. The van der Waals surface area contributed by atoms with Gasteiger partial charge in [0, 0.05) is 24.3 Å². The summed E-state index contributed by atoms with van der Waals surface area (Å²) in [7, 11) is 0. The molecule has 4 nitrogen and oxygen atoms in total. The van der Waals surface area contributed by atoms with E-state index in [2.05, 4.69) is 19.1 Å². The van der Waals surface area contributed by atoms with Crippen LogP contribution in [0.3, 0.4) is 0 Å². The molecule has 2 aromatic rings. The number of hydrogen-bond donors (Lipinski definition) is 0. The van der Waals surface area contributed by atoms with E-state index in [0.717, 1.165) is 22.6 Å². The van der Waals surface area contributed by atoms with Gasteiger partial charge < -0.3 is 9.80 Å². The molecule has 1 spiro atoms. The minimum Gasteiger partial charge on any atom is -0.315 e. The molecule has 1 atom stereocenters. The number of rotatable bonds is 3. The van der Waals surface area contributed by atoms with Crippen LogP contribution >= 0.6 is 11.8 Å². The van der Waals surface area contributed by atoms with Crippen molar-refractivity contribution in [2.75, 3.05) is 17.2 Å². The first-order valence-corrected chi connectivity index (χ1v) is 9.98. The summed E-state index contributed by atoms with van der Waals surface area (Å²) in [4.78, 5) is 29.0. The molecular formula is C21H22N2O2S. The fourth-order valence-corrected chi connectivity index (χ4v) is 5.41. The second kappa shape index (κ2) is 6.47. The van der Waals surface area contributed by atoms with Gasteiger partial charge in [0.1, 0.15) is 0 Å². The Bertz CT molecular complexity index is 882. The van der Waals surface area contributed by atoms with E-state index >= 15 is 0 Å². The molecule has 0 aliphatic carbocycles. The molecular weight excluding hydrogens is 344 g/mol. The smallest absolute Gasteiger partial charge is 0.268 e. The summed E-state index contributed by atoms with van der Waals surface area (Å²) in [6.45, 7) is 5.07. The number of anilines is 1. The molecule has 2 amide bonds. The average molecular weight is 366 g/mol. The molecule has 0 saturated carbocycles. The third-order valence-electron chi connectivity index (χ3n) is 5.29. The van der Waals surface area contributed by atoms with Crippen molar-refractivity contribution in [1.82, 2.24) is 4.90 Å². The monoisotopic (exact) mass is 366 g/mol. The Hall–Kier alpha value is -2.27. The predicted molar refractivity (Wildman–Crippen MR) is 105 cm³/mol. The molecule has 0 N–H and O–H groups in total. The number of carbonyl (C=O) groups excluding carboxylic acids is 2. The molecule has 0 unspecified atom stereocenters. The summed E-state index contributed by atoms with van der Waals surface area (Å²) < 4.78 is 0. The van der Waals surface area contributed by atoms with Crippen LogP contribution in [0.1, 0.15) is 30.0 Å². The maximum atomic E-state index is 13.6. The average Bonchev–Trinajstić information content (AvgIpc) is 3.20. The molecule has 2 aliphatic rings. The molecule has 134 valence electrons. The molecule has 0 bridgehead atoms. The van der Waals surface area contributed by atoms with Crippen LogP contribution in [0.15, 0.2) is 48.5 Å². The number of amides is 2. The summed E-state index contributed by atoms with van der Waals surface area (Å²) in [5.41, 5.74) is 4.16. The summed E-state index contributed by atoms with van der Waals surface area (Å²) in [6.07, 6.45) is 0.412. The molecule has 0 radical (unpaired) electrons. The lowest BCUT2D eigenvalue weighted by molar-refractivity contribution is -0.139. The van der Waals surface area contributed by atoms with Crippen LogP contribution in [0.4, 0.5) is 5.69 Å². The minimum absolute atomic E-state index is 0.00579. The normalized spacial score (nSPS) is 21.5. The Balaban J connectivity index is 1.81. The van der Waals surface area contributed by atoms with E-state index < -0.39 is 4.87 Å². The second-order valence-corrected chi connectivity index (χ2v) is 8.01. The van der Waals surface area contributed by atoms with E-state index in [1.54, 1.807) is 16.7 Å². The van der Waals surface area contributed by atoms with Crippen molar-refractivity contribution in [2.24, 2.45) is 0 Å². The first-order valence-electron chi connectivity index (χ1n) is 9.00. The molecule has 26 heavy (non-hydrogen) atoms. The molecule has 2 aromatic carbocycles. The highest BCUT2D eigenvalue weighted by Crippen LogP contribution is 2.54. The van der Waals surface area contributed by atoms with Crippen LogP contribution in [-0.2, 0) is 21.0 Å². The lowest BCUT2D eigenvalue weighted by Gasteiger charge is -2.33. The largest absolute Gasteiger partial charge is 0.315 e. The van der Waals surface area contributed by atoms with E-state index in [-0.39, 0.29) is 11.8 Å². The molecule has 4 rings (SSSR count). The number of nitrogens with zero attached hydrogens (tertiary/aromatic N) is 2. The first-order chi connectivity index (χ1) is 12.6. The SMILES string of the molecule is CCC(=O)N1CCS[C@]12C(=O)N(Cc1ccccc1C)c1ccccc12. The lowest BCUT2D eigenvalue weighted by atomic mass is 10.1. The zero-order valence-electron chi connectivity index (χ0n) is 15.1. The number of thioether (sulfide) groups is 1. The van der Waals surface area contributed by atoms with Crippen molar-refractivity contribution in [2.45, 2.75) is 31.7 Å². The molecule has 2 aliphatic heterocycles. The Labute approximate surface area is 158 Å². The van der Waals surface area contributed by atoms with Crippen LogP contribution in [0, 0.1) is 6.92 Å². The summed E-state index contributed by atoms with van der Waals surface area (Å²) in [5.74, 6) is 0.825.